The van der Waals surface area contributed by atoms with E-state index in [1.54, 1.807) is 21.1 Å². The molecule has 17 heavy (non-hydrogen) atoms. The van der Waals surface area contributed by atoms with Crippen molar-refractivity contribution in [3.8, 4) is 11.6 Å². The van der Waals surface area contributed by atoms with Crippen LogP contribution in [-0.2, 0) is 0 Å². The molecule has 0 bridgehead atoms. The molecule has 88 valence electrons. The van der Waals surface area contributed by atoms with Crippen LogP contribution in [0, 0.1) is 0 Å². The van der Waals surface area contributed by atoms with Crippen LogP contribution in [0.25, 0.3) is 10.9 Å². The fraction of sp³-hybridized carbons (Fsp3) is 0.250. The molecule has 2 rings (SSSR count). The molecule has 1 heterocycles. The van der Waals surface area contributed by atoms with E-state index in [1.165, 1.54) is 0 Å². The van der Waals surface area contributed by atoms with E-state index in [4.69, 9.17) is 21.7 Å². The molecule has 0 aliphatic heterocycles. The van der Waals surface area contributed by atoms with Gasteiger partial charge in [0.25, 0.3) is 0 Å². The standard InChI is InChI=1S/C12H12N2O2S/c1-7(17)11-13-10-8(12(14-11)16-3)5-4-6-9(10)15-2/h4-6H,1-3H3. The Labute approximate surface area is 105 Å². The highest BCUT2D eigenvalue weighted by molar-refractivity contribution is 7.80. The number of hydrogen-bond acceptors (Lipinski definition) is 5. The van der Waals surface area contributed by atoms with E-state index in [-0.39, 0.29) is 0 Å². The summed E-state index contributed by atoms with van der Waals surface area (Å²) in [6.07, 6.45) is 0. The number of methoxy groups -OCH3 is 2. The molecule has 1 aromatic carbocycles. The van der Waals surface area contributed by atoms with Crippen molar-refractivity contribution in [3.05, 3.63) is 24.0 Å². The van der Waals surface area contributed by atoms with Gasteiger partial charge in [0.05, 0.1) is 24.5 Å². The largest absolute Gasteiger partial charge is 0.494 e. The first-order valence-corrected chi connectivity index (χ1v) is 5.48. The summed E-state index contributed by atoms with van der Waals surface area (Å²) in [7, 11) is 3.18. The number of hydrogen-bond donors (Lipinski definition) is 0. The molecule has 4 nitrogen and oxygen atoms in total. The van der Waals surface area contributed by atoms with Crippen LogP contribution in [0.5, 0.6) is 11.6 Å². The van der Waals surface area contributed by atoms with E-state index in [9.17, 15) is 0 Å². The maximum atomic E-state index is 5.27. The Morgan fingerprint density at radius 1 is 1.18 bits per heavy atom. The van der Waals surface area contributed by atoms with Crippen molar-refractivity contribution in [2.45, 2.75) is 6.92 Å². The third kappa shape index (κ3) is 2.06. The molecule has 0 amide bonds. The van der Waals surface area contributed by atoms with Crippen LogP contribution < -0.4 is 9.47 Å². The first-order chi connectivity index (χ1) is 8.17. The third-order valence-corrected chi connectivity index (χ3v) is 2.57. The Morgan fingerprint density at radius 2 is 1.94 bits per heavy atom. The molecule has 0 aliphatic carbocycles. The topological polar surface area (TPSA) is 44.2 Å². The van der Waals surface area contributed by atoms with Crippen molar-refractivity contribution < 1.29 is 9.47 Å². The summed E-state index contributed by atoms with van der Waals surface area (Å²) in [5.41, 5.74) is 0.709. The summed E-state index contributed by atoms with van der Waals surface area (Å²) in [6, 6.07) is 5.60. The Hall–Kier alpha value is -1.75. The fourth-order valence-electron chi connectivity index (χ4n) is 1.58. The number of benzene rings is 1. The number of aromatic nitrogens is 2. The van der Waals surface area contributed by atoms with E-state index >= 15 is 0 Å². The van der Waals surface area contributed by atoms with Crippen LogP contribution >= 0.6 is 12.2 Å². The predicted molar refractivity (Wildman–Crippen MR) is 70.0 cm³/mol. The maximum absolute atomic E-state index is 5.27. The summed E-state index contributed by atoms with van der Waals surface area (Å²) in [6.45, 7) is 1.78. The number of thiocarbonyl (C=S) groups is 1. The normalized spacial score (nSPS) is 10.3. The Morgan fingerprint density at radius 3 is 2.53 bits per heavy atom. The van der Waals surface area contributed by atoms with E-state index in [1.807, 2.05) is 18.2 Å². The van der Waals surface area contributed by atoms with Crippen molar-refractivity contribution in [2.24, 2.45) is 0 Å². The van der Waals surface area contributed by atoms with Crippen molar-refractivity contribution in [1.29, 1.82) is 0 Å². The van der Waals surface area contributed by atoms with Gasteiger partial charge in [-0.3, -0.25) is 0 Å². The van der Waals surface area contributed by atoms with Gasteiger partial charge in [0, 0.05) is 0 Å². The molecule has 0 saturated carbocycles. The van der Waals surface area contributed by atoms with Crippen LogP contribution in [-0.4, -0.2) is 29.1 Å². The Bertz CT molecular complexity index is 584. The molecule has 1 aromatic heterocycles. The summed E-state index contributed by atoms with van der Waals surface area (Å²) in [5, 5.41) is 0.812. The maximum Gasteiger partial charge on any atom is 0.224 e. The smallest absolute Gasteiger partial charge is 0.224 e. The molecule has 0 radical (unpaired) electrons. The molecular formula is C12H12N2O2S. The fourth-order valence-corrected chi connectivity index (χ4v) is 1.67. The third-order valence-electron chi connectivity index (χ3n) is 2.38. The minimum atomic E-state index is 0.494. The average Bonchev–Trinajstić information content (AvgIpc) is 2.36. The highest BCUT2D eigenvalue weighted by atomic mass is 32.1. The van der Waals surface area contributed by atoms with Gasteiger partial charge in [0.1, 0.15) is 11.3 Å². The van der Waals surface area contributed by atoms with Crippen molar-refractivity contribution in [2.75, 3.05) is 14.2 Å². The lowest BCUT2D eigenvalue weighted by molar-refractivity contribution is 0.400. The molecule has 0 N–H and O–H groups in total. The first kappa shape index (κ1) is 11.7. The van der Waals surface area contributed by atoms with Crippen LogP contribution in [0.2, 0.25) is 0 Å². The van der Waals surface area contributed by atoms with Gasteiger partial charge in [-0.05, 0) is 19.1 Å². The van der Waals surface area contributed by atoms with Crippen LogP contribution in [0.1, 0.15) is 12.7 Å². The van der Waals surface area contributed by atoms with Gasteiger partial charge in [0.15, 0.2) is 5.82 Å². The van der Waals surface area contributed by atoms with Gasteiger partial charge < -0.3 is 9.47 Å². The van der Waals surface area contributed by atoms with Crippen molar-refractivity contribution in [3.63, 3.8) is 0 Å². The summed E-state index contributed by atoms with van der Waals surface area (Å²) in [5.74, 6) is 1.68. The second-order valence-corrected chi connectivity index (χ2v) is 4.08. The second-order valence-electron chi connectivity index (χ2n) is 3.47. The van der Waals surface area contributed by atoms with Gasteiger partial charge in [0.2, 0.25) is 5.88 Å². The number of fused-ring (bicyclic) bond motifs is 1. The summed E-state index contributed by atoms with van der Waals surface area (Å²) >= 11 is 5.09. The number of para-hydroxylation sites is 1. The number of ether oxygens (including phenoxy) is 2. The van der Waals surface area contributed by atoms with Gasteiger partial charge in [-0.2, -0.15) is 4.98 Å². The molecular weight excluding hydrogens is 236 g/mol. The van der Waals surface area contributed by atoms with Crippen LogP contribution in [0.4, 0.5) is 0 Å². The average molecular weight is 248 g/mol. The molecule has 0 atom stereocenters. The lowest BCUT2D eigenvalue weighted by atomic mass is 10.2. The molecule has 0 unspecified atom stereocenters. The van der Waals surface area contributed by atoms with Crippen LogP contribution in [0.3, 0.4) is 0 Å². The van der Waals surface area contributed by atoms with Gasteiger partial charge >= 0.3 is 0 Å². The quantitative estimate of drug-likeness (QED) is 0.616. The lowest BCUT2D eigenvalue weighted by Crippen LogP contribution is -2.03. The second kappa shape index (κ2) is 4.63. The molecule has 0 aliphatic rings. The zero-order valence-electron chi connectivity index (χ0n) is 9.85. The van der Waals surface area contributed by atoms with E-state index < -0.39 is 0 Å². The van der Waals surface area contributed by atoms with Gasteiger partial charge in [-0.25, -0.2) is 4.98 Å². The molecule has 2 aromatic rings. The van der Waals surface area contributed by atoms with Gasteiger partial charge in [-0.15, -0.1) is 0 Å². The minimum absolute atomic E-state index is 0.494. The highest BCUT2D eigenvalue weighted by Gasteiger charge is 2.12. The van der Waals surface area contributed by atoms with E-state index in [0.29, 0.717) is 27.8 Å². The van der Waals surface area contributed by atoms with Crippen LogP contribution in [0.15, 0.2) is 18.2 Å². The van der Waals surface area contributed by atoms with E-state index in [0.717, 1.165) is 5.39 Å². The molecule has 5 heteroatoms. The van der Waals surface area contributed by atoms with E-state index in [2.05, 4.69) is 9.97 Å². The molecule has 0 fully saturated rings. The van der Waals surface area contributed by atoms with Gasteiger partial charge in [-0.1, -0.05) is 18.3 Å². The predicted octanol–water partition coefficient (Wildman–Crippen LogP) is 2.38. The summed E-state index contributed by atoms with van der Waals surface area (Å²) < 4.78 is 10.5. The van der Waals surface area contributed by atoms with Crippen molar-refractivity contribution in [1.82, 2.24) is 9.97 Å². The number of rotatable bonds is 3. The number of nitrogens with zero attached hydrogens (tertiary/aromatic N) is 2. The molecule has 0 saturated heterocycles. The Kier molecular flexibility index (Phi) is 3.19. The zero-order valence-corrected chi connectivity index (χ0v) is 10.7. The SMILES string of the molecule is COc1nc(C(C)=S)nc2c(OC)cccc12. The Balaban J connectivity index is 2.82. The molecule has 0 spiro atoms. The van der Waals surface area contributed by atoms with Crippen molar-refractivity contribution >= 4 is 28.0 Å². The highest BCUT2D eigenvalue weighted by Crippen LogP contribution is 2.29. The minimum Gasteiger partial charge on any atom is -0.494 e. The zero-order chi connectivity index (χ0) is 12.4. The summed E-state index contributed by atoms with van der Waals surface area (Å²) in [4.78, 5) is 9.28. The first-order valence-electron chi connectivity index (χ1n) is 5.07. The lowest BCUT2D eigenvalue weighted by Gasteiger charge is -2.09. The monoisotopic (exact) mass is 248 g/mol.